The van der Waals surface area contributed by atoms with Crippen LogP contribution in [0.2, 0.25) is 11.8 Å². The molecule has 4 rings (SSSR count). The first-order chi connectivity index (χ1) is 15.4. The third-order valence-electron chi connectivity index (χ3n) is 6.43. The van der Waals surface area contributed by atoms with E-state index in [2.05, 4.69) is 44.3 Å². The van der Waals surface area contributed by atoms with Crippen molar-refractivity contribution in [2.24, 2.45) is 0 Å². The second-order valence-corrected chi connectivity index (χ2v) is 9.96. The van der Waals surface area contributed by atoms with Crippen LogP contribution < -0.4 is 5.23 Å². The van der Waals surface area contributed by atoms with Gasteiger partial charge in [0.25, 0.3) is 0 Å². The largest absolute Gasteiger partial charge is 0.437 e. The van der Waals surface area contributed by atoms with E-state index >= 15 is 0 Å². The highest BCUT2D eigenvalue weighted by molar-refractivity contribution is 9.10. The molecule has 6 nitrogen and oxygen atoms in total. The van der Waals surface area contributed by atoms with Gasteiger partial charge in [0.05, 0.1) is 17.8 Å². The van der Waals surface area contributed by atoms with Crippen LogP contribution in [0.3, 0.4) is 0 Å². The Bertz CT molecular complexity index is 931. The number of piperazine rings is 1. The van der Waals surface area contributed by atoms with Gasteiger partial charge in [-0.3, -0.25) is 14.7 Å². The van der Waals surface area contributed by atoms with E-state index in [4.69, 9.17) is 16.6 Å². The molecule has 0 bridgehead atoms. The number of amides is 1. The summed E-state index contributed by atoms with van der Waals surface area (Å²) in [6.07, 6.45) is 4.37. The lowest BCUT2D eigenvalue weighted by atomic mass is 9.86. The Kier molecular flexibility index (Phi) is 7.57. The molecule has 1 aliphatic carbocycles. The summed E-state index contributed by atoms with van der Waals surface area (Å²) >= 11 is 9.90. The van der Waals surface area contributed by atoms with Gasteiger partial charge in [-0.25, -0.2) is 0 Å². The maximum Gasteiger partial charge on any atom is 0.374 e. The van der Waals surface area contributed by atoms with Crippen LogP contribution >= 0.6 is 27.5 Å². The zero-order valence-corrected chi connectivity index (χ0v) is 20.9. The van der Waals surface area contributed by atoms with E-state index in [9.17, 15) is 9.82 Å². The topological polar surface area (TPSA) is 68.7 Å². The van der Waals surface area contributed by atoms with Crippen LogP contribution in [0.4, 0.5) is 0 Å². The van der Waals surface area contributed by atoms with E-state index < -0.39 is 7.05 Å². The van der Waals surface area contributed by atoms with Gasteiger partial charge in [0.2, 0.25) is 5.91 Å². The van der Waals surface area contributed by atoms with Gasteiger partial charge in [0, 0.05) is 41.9 Å². The average molecular weight is 520 g/mol. The van der Waals surface area contributed by atoms with E-state index in [0.29, 0.717) is 19.5 Å². The van der Waals surface area contributed by atoms with Gasteiger partial charge in [-0.15, -0.1) is 0 Å². The number of pyridine rings is 1. The van der Waals surface area contributed by atoms with Gasteiger partial charge in [-0.1, -0.05) is 24.6 Å². The number of hydrogen-bond donors (Lipinski definition) is 2. The molecule has 2 N–H and O–H groups in total. The van der Waals surface area contributed by atoms with Gasteiger partial charge in [-0.05, 0) is 76.9 Å². The van der Waals surface area contributed by atoms with Crippen molar-refractivity contribution >= 4 is 40.5 Å². The number of nitrogens with one attached hydrogen (secondary N) is 1. The zero-order valence-electron chi connectivity index (χ0n) is 18.5. The van der Waals surface area contributed by atoms with Crippen molar-refractivity contribution in [3.8, 4) is 0 Å². The summed E-state index contributed by atoms with van der Waals surface area (Å²) in [6.45, 7) is 6.45. The highest BCUT2D eigenvalue weighted by Crippen LogP contribution is 2.38. The van der Waals surface area contributed by atoms with Crippen molar-refractivity contribution in [2.75, 3.05) is 26.2 Å². The molecular formula is C23H29BBrClN4O2. The van der Waals surface area contributed by atoms with E-state index in [1.54, 1.807) is 6.82 Å². The lowest BCUT2D eigenvalue weighted by Gasteiger charge is -2.40. The first-order valence-corrected chi connectivity index (χ1v) is 12.4. The highest BCUT2D eigenvalue weighted by atomic mass is 79.9. The minimum absolute atomic E-state index is 0.0441. The third-order valence-corrected chi connectivity index (χ3v) is 7.10. The van der Waals surface area contributed by atoms with Crippen LogP contribution in [0.1, 0.15) is 41.8 Å². The molecule has 1 aromatic carbocycles. The van der Waals surface area contributed by atoms with Crippen LogP contribution in [0, 0.1) is 0 Å². The van der Waals surface area contributed by atoms with E-state index in [1.807, 2.05) is 24.1 Å². The summed E-state index contributed by atoms with van der Waals surface area (Å²) in [4.78, 5) is 22.2. The second-order valence-electron chi connectivity index (χ2n) is 8.61. The molecule has 32 heavy (non-hydrogen) atoms. The van der Waals surface area contributed by atoms with E-state index in [0.717, 1.165) is 41.1 Å². The van der Waals surface area contributed by atoms with Crippen LogP contribution in [-0.4, -0.2) is 65.0 Å². The number of benzene rings is 1. The Labute approximate surface area is 203 Å². The first kappa shape index (κ1) is 23.7. The normalized spacial score (nSPS) is 19.7. The summed E-state index contributed by atoms with van der Waals surface area (Å²) in [5.41, 5.74) is 4.87. The molecule has 0 saturated carbocycles. The minimum Gasteiger partial charge on any atom is -0.437 e. The van der Waals surface area contributed by atoms with Crippen LogP contribution in [-0.2, 0) is 17.6 Å². The highest BCUT2D eigenvalue weighted by Gasteiger charge is 2.34. The number of aromatic nitrogens is 1. The summed E-state index contributed by atoms with van der Waals surface area (Å²) in [5, 5.41) is 13.4. The summed E-state index contributed by atoms with van der Waals surface area (Å²) in [5.74, 6) is 0.0588. The first-order valence-electron chi connectivity index (χ1n) is 11.3. The number of halogens is 2. The molecule has 0 spiro atoms. The maximum absolute atomic E-state index is 13.0. The Balaban J connectivity index is 1.58. The van der Waals surface area contributed by atoms with Crippen LogP contribution in [0.25, 0.3) is 0 Å². The molecule has 1 aromatic heterocycles. The number of rotatable bonds is 5. The molecule has 1 saturated heterocycles. The minimum atomic E-state index is -0.707. The monoisotopic (exact) mass is 518 g/mol. The molecule has 1 amide bonds. The van der Waals surface area contributed by atoms with E-state index in [-0.39, 0.29) is 18.0 Å². The Morgan fingerprint density at radius 1 is 1.28 bits per heavy atom. The van der Waals surface area contributed by atoms with Crippen LogP contribution in [0.5, 0.6) is 0 Å². The quantitative estimate of drug-likeness (QED) is 0.594. The Morgan fingerprint density at radius 2 is 2.00 bits per heavy atom. The molecule has 0 radical (unpaired) electrons. The predicted octanol–water partition coefficient (Wildman–Crippen LogP) is 3.31. The Morgan fingerprint density at radius 3 is 2.69 bits per heavy atom. The number of aryl methyl sites for hydroxylation is 2. The number of carbonyl (C=O) groups excluding carboxylic acids is 1. The molecule has 170 valence electrons. The average Bonchev–Trinajstić information content (AvgIpc) is 2.93. The molecule has 1 fully saturated rings. The third kappa shape index (κ3) is 5.05. The lowest BCUT2D eigenvalue weighted by Crippen LogP contribution is -2.56. The van der Waals surface area contributed by atoms with E-state index in [1.165, 1.54) is 16.7 Å². The standard InChI is InChI=1S/C23H29BBrClN4O2/c1-3-20(28-24(2)32)23(31)30-10-8-29(9-11-30)22-19-7-6-18(26)13-15(19)4-5-16-12-17(25)14-27-21(16)22/h6-7,12-14,20,22,28,32H,3-5,8-11H2,1-2H3. The summed E-state index contributed by atoms with van der Waals surface area (Å²) < 4.78 is 0.991. The molecule has 1 aliphatic heterocycles. The fraction of sp³-hybridized carbons (Fsp3) is 0.478. The fourth-order valence-electron chi connectivity index (χ4n) is 4.86. The molecule has 2 atom stereocenters. The second kappa shape index (κ2) is 10.2. The van der Waals surface area contributed by atoms with Gasteiger partial charge in [-0.2, -0.15) is 0 Å². The SMILES string of the molecule is CCC(NB(C)O)C(=O)N1CCN(C2c3ccc(Cl)cc3CCc3cc(Br)cnc32)CC1. The number of hydrogen-bond acceptors (Lipinski definition) is 5. The Hall–Kier alpha value is -1.45. The van der Waals surface area contributed by atoms with Crippen molar-refractivity contribution in [2.45, 2.75) is 45.1 Å². The van der Waals surface area contributed by atoms with Gasteiger partial charge in [0.1, 0.15) is 0 Å². The van der Waals surface area contributed by atoms with Gasteiger partial charge in [0.15, 0.2) is 0 Å². The molecule has 9 heteroatoms. The molecule has 2 aromatic rings. The lowest BCUT2D eigenvalue weighted by molar-refractivity contribution is -0.135. The van der Waals surface area contributed by atoms with Gasteiger partial charge >= 0.3 is 7.05 Å². The maximum atomic E-state index is 13.0. The molecule has 2 unspecified atom stereocenters. The number of nitrogens with zero attached hydrogens (tertiary/aromatic N) is 3. The summed E-state index contributed by atoms with van der Waals surface area (Å²) in [6, 6.07) is 8.04. The van der Waals surface area contributed by atoms with Crippen molar-refractivity contribution in [1.82, 2.24) is 20.0 Å². The van der Waals surface area contributed by atoms with Crippen molar-refractivity contribution in [3.05, 3.63) is 62.3 Å². The number of fused-ring (bicyclic) bond motifs is 2. The zero-order chi connectivity index (χ0) is 22.8. The number of carbonyl (C=O) groups is 1. The molecule has 2 aliphatic rings. The van der Waals surface area contributed by atoms with Crippen LogP contribution in [0.15, 0.2) is 34.9 Å². The smallest absolute Gasteiger partial charge is 0.374 e. The van der Waals surface area contributed by atoms with Crippen molar-refractivity contribution < 1.29 is 9.82 Å². The molecule has 2 heterocycles. The predicted molar refractivity (Wildman–Crippen MR) is 132 cm³/mol. The van der Waals surface area contributed by atoms with Crippen molar-refractivity contribution in [1.29, 1.82) is 0 Å². The molecular weight excluding hydrogens is 490 g/mol. The van der Waals surface area contributed by atoms with Gasteiger partial charge < -0.3 is 15.2 Å². The fourth-order valence-corrected chi connectivity index (χ4v) is 5.43. The summed E-state index contributed by atoms with van der Waals surface area (Å²) in [7, 11) is -0.707. The van der Waals surface area contributed by atoms with Crippen molar-refractivity contribution in [3.63, 3.8) is 0 Å².